The Morgan fingerprint density at radius 3 is 2.57 bits per heavy atom. The van der Waals surface area contributed by atoms with E-state index in [2.05, 4.69) is 19.2 Å². The number of anilines is 1. The van der Waals surface area contributed by atoms with Gasteiger partial charge in [0.25, 0.3) is 5.91 Å². The first-order chi connectivity index (χ1) is 13.4. The van der Waals surface area contributed by atoms with Crippen LogP contribution in [0.2, 0.25) is 0 Å². The first kappa shape index (κ1) is 19.8. The van der Waals surface area contributed by atoms with Crippen LogP contribution in [0.15, 0.2) is 29.8 Å². The van der Waals surface area contributed by atoms with Crippen molar-refractivity contribution in [2.45, 2.75) is 39.0 Å². The minimum Gasteiger partial charge on any atom is -0.465 e. The number of benzene rings is 1. The second kappa shape index (κ2) is 8.41. The molecule has 0 spiro atoms. The zero-order valence-corrected chi connectivity index (χ0v) is 17.0. The van der Waals surface area contributed by atoms with Crippen molar-refractivity contribution < 1.29 is 14.3 Å². The molecule has 6 heteroatoms. The number of rotatable bonds is 5. The number of carbonyl (C=O) groups excluding carboxylic acids is 2. The largest absolute Gasteiger partial charge is 0.465 e. The summed E-state index contributed by atoms with van der Waals surface area (Å²) in [5.74, 6) is -0.573. The van der Waals surface area contributed by atoms with Crippen LogP contribution >= 0.6 is 11.3 Å². The van der Waals surface area contributed by atoms with Crippen LogP contribution in [0.5, 0.6) is 0 Å². The summed E-state index contributed by atoms with van der Waals surface area (Å²) in [6, 6.07) is 9.71. The van der Waals surface area contributed by atoms with Crippen molar-refractivity contribution >= 4 is 34.3 Å². The van der Waals surface area contributed by atoms with Crippen molar-refractivity contribution in [2.24, 2.45) is 0 Å². The highest BCUT2D eigenvalue weighted by molar-refractivity contribution is 7.17. The number of nitrogens with zero attached hydrogens (tertiary/aromatic N) is 1. The summed E-state index contributed by atoms with van der Waals surface area (Å²) in [6.07, 6.45) is 4.24. The molecule has 1 aromatic carbocycles. The number of hydrogen-bond acceptors (Lipinski definition) is 5. The number of thiophene rings is 1. The van der Waals surface area contributed by atoms with Crippen LogP contribution in [0.3, 0.4) is 0 Å². The highest BCUT2D eigenvalue weighted by atomic mass is 32.1. The predicted molar refractivity (Wildman–Crippen MR) is 110 cm³/mol. The van der Waals surface area contributed by atoms with Gasteiger partial charge in [-0.1, -0.05) is 38.1 Å². The third-order valence-corrected chi connectivity index (χ3v) is 6.02. The number of nitrogens with one attached hydrogen (secondary N) is 1. The van der Waals surface area contributed by atoms with E-state index < -0.39 is 11.9 Å². The molecule has 1 aliphatic rings. The van der Waals surface area contributed by atoms with E-state index in [4.69, 9.17) is 4.74 Å². The zero-order chi connectivity index (χ0) is 20.3. The van der Waals surface area contributed by atoms with Gasteiger partial charge in [0.2, 0.25) is 0 Å². The van der Waals surface area contributed by atoms with Crippen LogP contribution in [0, 0.1) is 11.3 Å². The number of methoxy groups -OCH3 is 1. The van der Waals surface area contributed by atoms with E-state index >= 15 is 0 Å². The van der Waals surface area contributed by atoms with Gasteiger partial charge in [0.15, 0.2) is 0 Å². The molecule has 0 radical (unpaired) electrons. The molecule has 0 unspecified atom stereocenters. The Hall–Kier alpha value is -2.91. The van der Waals surface area contributed by atoms with Gasteiger partial charge in [0, 0.05) is 4.88 Å². The fourth-order valence-electron chi connectivity index (χ4n) is 3.27. The maximum absolute atomic E-state index is 12.7. The van der Waals surface area contributed by atoms with E-state index in [0.717, 1.165) is 35.3 Å². The minimum absolute atomic E-state index is 0.0123. The standard InChI is InChI=1S/C22H22N2O3S/c1-13(2)15-9-7-14(8-10-15)11-16(12-23)20(25)24-21-19(22(26)27-3)17-5-4-6-18(17)28-21/h7-11,13H,4-6H2,1-3H3,(H,24,25). The molecule has 0 saturated carbocycles. The van der Waals surface area contributed by atoms with Crippen molar-refractivity contribution in [3.05, 3.63) is 57.0 Å². The fraction of sp³-hybridized carbons (Fsp3) is 0.318. The van der Waals surface area contributed by atoms with Gasteiger partial charge in [0.05, 0.1) is 12.7 Å². The van der Waals surface area contributed by atoms with Crippen LogP contribution in [-0.4, -0.2) is 19.0 Å². The predicted octanol–water partition coefficient (Wildman–Crippen LogP) is 4.69. The monoisotopic (exact) mass is 394 g/mol. The smallest absolute Gasteiger partial charge is 0.341 e. The van der Waals surface area contributed by atoms with Crippen molar-refractivity contribution in [2.75, 3.05) is 12.4 Å². The van der Waals surface area contributed by atoms with Crippen molar-refractivity contribution in [3.8, 4) is 6.07 Å². The summed E-state index contributed by atoms with van der Waals surface area (Å²) in [4.78, 5) is 26.0. The molecule has 144 valence electrons. The SMILES string of the molecule is COC(=O)c1c(NC(=O)C(C#N)=Cc2ccc(C(C)C)cc2)sc2c1CCC2. The lowest BCUT2D eigenvalue weighted by molar-refractivity contribution is -0.112. The Morgan fingerprint density at radius 2 is 1.96 bits per heavy atom. The molecule has 0 saturated heterocycles. The number of carbonyl (C=O) groups is 2. The summed E-state index contributed by atoms with van der Waals surface area (Å²) < 4.78 is 4.89. The van der Waals surface area contributed by atoms with Gasteiger partial charge >= 0.3 is 5.97 Å². The molecule has 1 heterocycles. The lowest BCUT2D eigenvalue weighted by Crippen LogP contribution is -2.15. The lowest BCUT2D eigenvalue weighted by Gasteiger charge is -2.07. The third-order valence-electron chi connectivity index (χ3n) is 4.82. The van der Waals surface area contributed by atoms with Gasteiger partial charge in [-0.2, -0.15) is 5.26 Å². The molecule has 2 aromatic rings. The van der Waals surface area contributed by atoms with Gasteiger partial charge < -0.3 is 10.1 Å². The lowest BCUT2D eigenvalue weighted by atomic mass is 10.0. The molecule has 3 rings (SSSR count). The number of amides is 1. The molecular weight excluding hydrogens is 372 g/mol. The number of esters is 1. The number of hydrogen-bond donors (Lipinski definition) is 1. The van der Waals surface area contributed by atoms with Gasteiger partial charge in [-0.25, -0.2) is 4.79 Å². The molecule has 5 nitrogen and oxygen atoms in total. The molecule has 0 fully saturated rings. The van der Waals surface area contributed by atoms with E-state index in [1.165, 1.54) is 24.0 Å². The normalized spacial score (nSPS) is 13.2. The summed E-state index contributed by atoms with van der Waals surface area (Å²) in [5.41, 5.74) is 3.33. The molecule has 1 aliphatic carbocycles. The first-order valence-electron chi connectivity index (χ1n) is 9.20. The molecule has 1 aromatic heterocycles. The zero-order valence-electron chi connectivity index (χ0n) is 16.2. The second-order valence-corrected chi connectivity index (χ2v) is 8.10. The third kappa shape index (κ3) is 4.00. The molecule has 28 heavy (non-hydrogen) atoms. The maximum Gasteiger partial charge on any atom is 0.341 e. The number of fused-ring (bicyclic) bond motifs is 1. The summed E-state index contributed by atoms with van der Waals surface area (Å²) in [5, 5.41) is 12.7. The van der Waals surface area contributed by atoms with Gasteiger partial charge in [0.1, 0.15) is 16.6 Å². The Balaban J connectivity index is 1.85. The van der Waals surface area contributed by atoms with E-state index in [1.54, 1.807) is 6.08 Å². The van der Waals surface area contributed by atoms with Crippen molar-refractivity contribution in [3.63, 3.8) is 0 Å². The molecule has 1 N–H and O–H groups in total. The summed E-state index contributed by atoms with van der Waals surface area (Å²) >= 11 is 1.39. The Kier molecular flexibility index (Phi) is 5.96. The number of ether oxygens (including phenoxy) is 1. The van der Waals surface area contributed by atoms with E-state index in [-0.39, 0.29) is 5.57 Å². The Bertz CT molecular complexity index is 978. The van der Waals surface area contributed by atoms with Crippen LogP contribution in [0.4, 0.5) is 5.00 Å². The fourth-order valence-corrected chi connectivity index (χ4v) is 4.55. The van der Waals surface area contributed by atoms with Gasteiger partial charge in [-0.15, -0.1) is 11.3 Å². The maximum atomic E-state index is 12.7. The van der Waals surface area contributed by atoms with Crippen molar-refractivity contribution in [1.29, 1.82) is 5.26 Å². The second-order valence-electron chi connectivity index (χ2n) is 7.00. The first-order valence-corrected chi connectivity index (χ1v) is 10.0. The van der Waals surface area contributed by atoms with E-state index in [0.29, 0.717) is 16.5 Å². The number of aryl methyl sites for hydroxylation is 1. The highest BCUT2D eigenvalue weighted by Crippen LogP contribution is 2.39. The molecule has 0 bridgehead atoms. The van der Waals surface area contributed by atoms with E-state index in [9.17, 15) is 14.9 Å². The van der Waals surface area contributed by atoms with Gasteiger partial charge in [-0.3, -0.25) is 4.79 Å². The van der Waals surface area contributed by atoms with Crippen molar-refractivity contribution in [1.82, 2.24) is 0 Å². The van der Waals surface area contributed by atoms with Crippen LogP contribution in [-0.2, 0) is 22.4 Å². The molecule has 0 aliphatic heterocycles. The highest BCUT2D eigenvalue weighted by Gasteiger charge is 2.28. The van der Waals surface area contributed by atoms with Gasteiger partial charge in [-0.05, 0) is 47.9 Å². The Morgan fingerprint density at radius 1 is 1.25 bits per heavy atom. The van der Waals surface area contributed by atoms with E-state index in [1.807, 2.05) is 30.3 Å². The summed E-state index contributed by atoms with van der Waals surface area (Å²) in [6.45, 7) is 4.21. The minimum atomic E-state index is -0.527. The summed E-state index contributed by atoms with van der Waals surface area (Å²) in [7, 11) is 1.33. The topological polar surface area (TPSA) is 79.2 Å². The molecule has 0 atom stereocenters. The van der Waals surface area contributed by atoms with Crippen LogP contribution in [0.25, 0.3) is 6.08 Å². The average Bonchev–Trinajstić information content (AvgIpc) is 3.26. The number of nitriles is 1. The quantitative estimate of drug-likeness (QED) is 0.453. The Labute approximate surface area is 168 Å². The average molecular weight is 394 g/mol. The molecule has 1 amide bonds. The van der Waals surface area contributed by atoms with Crippen LogP contribution < -0.4 is 5.32 Å². The molecular formula is C22H22N2O3S. The van der Waals surface area contributed by atoms with Crippen LogP contribution in [0.1, 0.15) is 58.1 Å².